The lowest BCUT2D eigenvalue weighted by Crippen LogP contribution is -2.22. The Balaban J connectivity index is 2.23. The molecule has 0 aliphatic carbocycles. The summed E-state index contributed by atoms with van der Waals surface area (Å²) in [7, 11) is 0. The molecule has 2 aromatic rings. The molecule has 0 aromatic heterocycles. The van der Waals surface area contributed by atoms with E-state index in [4.69, 9.17) is 16.3 Å². The monoisotopic (exact) mass is 363 g/mol. The van der Waals surface area contributed by atoms with Gasteiger partial charge in [0.25, 0.3) is 0 Å². The van der Waals surface area contributed by atoms with Crippen LogP contribution in [0.15, 0.2) is 42.5 Å². The summed E-state index contributed by atoms with van der Waals surface area (Å²) in [5.41, 5.74) is -1.14. The summed E-state index contributed by atoms with van der Waals surface area (Å²) in [6.45, 7) is -0.120. The average molecular weight is 364 g/mol. The van der Waals surface area contributed by atoms with Crippen molar-refractivity contribution in [2.75, 3.05) is 17.7 Å². The molecule has 0 spiro atoms. The van der Waals surface area contributed by atoms with Crippen molar-refractivity contribution in [3.63, 3.8) is 0 Å². The van der Waals surface area contributed by atoms with Gasteiger partial charge in [0.1, 0.15) is 17.3 Å². The van der Waals surface area contributed by atoms with E-state index in [1.54, 1.807) is 0 Å². The van der Waals surface area contributed by atoms with Crippen molar-refractivity contribution in [1.29, 1.82) is 0 Å². The maximum absolute atomic E-state index is 13.2. The number of ether oxygens (including phenoxy) is 1. The van der Waals surface area contributed by atoms with Gasteiger partial charge < -0.3 is 15.2 Å². The summed E-state index contributed by atoms with van der Waals surface area (Å²) in [6.07, 6.45) is -5.58. The van der Waals surface area contributed by atoms with Gasteiger partial charge >= 0.3 is 6.18 Å². The van der Waals surface area contributed by atoms with Crippen molar-refractivity contribution in [2.45, 2.75) is 12.3 Å². The Hall–Kier alpha value is -1.99. The van der Waals surface area contributed by atoms with E-state index in [2.05, 4.69) is 5.32 Å². The number of benzene rings is 2. The summed E-state index contributed by atoms with van der Waals surface area (Å²) < 4.78 is 57.7. The number of aliphatic hydroxyl groups is 1. The van der Waals surface area contributed by atoms with Crippen LogP contribution in [0.5, 0.6) is 11.5 Å². The minimum Gasteiger partial charge on any atom is -0.457 e. The zero-order chi connectivity index (χ0) is 17.7. The van der Waals surface area contributed by atoms with Gasteiger partial charge in [0, 0.05) is 12.2 Å². The topological polar surface area (TPSA) is 41.5 Å². The van der Waals surface area contributed by atoms with Gasteiger partial charge in [-0.05, 0) is 42.5 Å². The first-order valence-electron chi connectivity index (χ1n) is 6.92. The van der Waals surface area contributed by atoms with Crippen molar-refractivity contribution in [2.24, 2.45) is 0 Å². The standard InChI is InChI=1S/C16H14ClF4NO2/c17-8-11(23)9-22-15-6-5-13(7-14(15)16(19,20)21)24-12-3-1-10(18)2-4-12/h1-7,11,22-23H,8-9H2. The Bertz CT molecular complexity index is 677. The van der Waals surface area contributed by atoms with Gasteiger partial charge in [0.05, 0.1) is 17.5 Å². The van der Waals surface area contributed by atoms with Gasteiger partial charge in [0.15, 0.2) is 0 Å². The van der Waals surface area contributed by atoms with Gasteiger partial charge in [-0.1, -0.05) is 0 Å². The Labute approximate surface area is 140 Å². The third-order valence-electron chi connectivity index (χ3n) is 3.05. The first kappa shape index (κ1) is 18.4. The molecule has 0 saturated carbocycles. The lowest BCUT2D eigenvalue weighted by molar-refractivity contribution is -0.137. The lowest BCUT2D eigenvalue weighted by atomic mass is 10.1. The summed E-state index contributed by atoms with van der Waals surface area (Å²) >= 11 is 5.42. The largest absolute Gasteiger partial charge is 0.457 e. The summed E-state index contributed by atoms with van der Waals surface area (Å²) in [5, 5.41) is 11.9. The van der Waals surface area contributed by atoms with Gasteiger partial charge in [-0.3, -0.25) is 0 Å². The molecule has 0 amide bonds. The van der Waals surface area contributed by atoms with Gasteiger partial charge in [-0.2, -0.15) is 13.2 Å². The minimum atomic E-state index is -4.61. The molecule has 2 aromatic carbocycles. The van der Waals surface area contributed by atoms with Crippen molar-refractivity contribution in [3.8, 4) is 11.5 Å². The molecule has 0 fully saturated rings. The average Bonchev–Trinajstić information content (AvgIpc) is 2.54. The number of hydrogen-bond acceptors (Lipinski definition) is 3. The number of aliphatic hydroxyl groups excluding tert-OH is 1. The molecule has 2 rings (SSSR count). The second-order valence-corrected chi connectivity index (χ2v) is 5.26. The van der Waals surface area contributed by atoms with Crippen LogP contribution < -0.4 is 10.1 Å². The first-order chi connectivity index (χ1) is 11.3. The summed E-state index contributed by atoms with van der Waals surface area (Å²) in [4.78, 5) is 0. The Morgan fingerprint density at radius 3 is 2.29 bits per heavy atom. The quantitative estimate of drug-likeness (QED) is 0.580. The van der Waals surface area contributed by atoms with Crippen LogP contribution in [0.3, 0.4) is 0 Å². The highest BCUT2D eigenvalue weighted by atomic mass is 35.5. The zero-order valence-corrected chi connectivity index (χ0v) is 13.0. The van der Waals surface area contributed by atoms with E-state index in [1.807, 2.05) is 0 Å². The maximum Gasteiger partial charge on any atom is 0.418 e. The van der Waals surface area contributed by atoms with E-state index < -0.39 is 23.7 Å². The molecule has 1 atom stereocenters. The Morgan fingerprint density at radius 2 is 1.71 bits per heavy atom. The molecule has 8 heteroatoms. The van der Waals surface area contributed by atoms with Crippen LogP contribution in [0.2, 0.25) is 0 Å². The molecule has 1 unspecified atom stereocenters. The molecule has 3 nitrogen and oxygen atoms in total. The van der Waals surface area contributed by atoms with Crippen LogP contribution in [0.25, 0.3) is 0 Å². The number of hydrogen-bond donors (Lipinski definition) is 2. The number of nitrogens with one attached hydrogen (secondary N) is 1. The number of halogens is 5. The highest BCUT2D eigenvalue weighted by molar-refractivity contribution is 6.18. The van der Waals surface area contributed by atoms with E-state index in [0.29, 0.717) is 0 Å². The summed E-state index contributed by atoms with van der Waals surface area (Å²) in [6, 6.07) is 8.28. The molecule has 0 aliphatic heterocycles. The van der Waals surface area contributed by atoms with E-state index in [0.717, 1.165) is 18.2 Å². The van der Waals surface area contributed by atoms with Crippen LogP contribution >= 0.6 is 11.6 Å². The predicted octanol–water partition coefficient (Wildman–Crippen LogP) is 4.65. The number of alkyl halides is 4. The van der Waals surface area contributed by atoms with Crippen LogP contribution in [-0.4, -0.2) is 23.6 Å². The Kier molecular flexibility index (Phi) is 5.90. The predicted molar refractivity (Wildman–Crippen MR) is 83.1 cm³/mol. The van der Waals surface area contributed by atoms with Crippen molar-refractivity contribution in [1.82, 2.24) is 0 Å². The minimum absolute atomic E-state index is 0.0441. The molecule has 24 heavy (non-hydrogen) atoms. The van der Waals surface area contributed by atoms with E-state index >= 15 is 0 Å². The van der Waals surface area contributed by atoms with E-state index in [-0.39, 0.29) is 29.6 Å². The fourth-order valence-corrected chi connectivity index (χ4v) is 2.01. The lowest BCUT2D eigenvalue weighted by Gasteiger charge is -2.17. The molecule has 0 aliphatic rings. The Morgan fingerprint density at radius 1 is 1.08 bits per heavy atom. The number of anilines is 1. The highest BCUT2D eigenvalue weighted by Gasteiger charge is 2.34. The van der Waals surface area contributed by atoms with Crippen molar-refractivity contribution < 1.29 is 27.4 Å². The van der Waals surface area contributed by atoms with Crippen molar-refractivity contribution >= 4 is 17.3 Å². The van der Waals surface area contributed by atoms with Gasteiger partial charge in [0.2, 0.25) is 0 Å². The molecule has 2 N–H and O–H groups in total. The van der Waals surface area contributed by atoms with E-state index in [1.165, 1.54) is 24.3 Å². The van der Waals surface area contributed by atoms with E-state index in [9.17, 15) is 22.7 Å². The molecule has 0 heterocycles. The smallest absolute Gasteiger partial charge is 0.418 e. The third kappa shape index (κ3) is 5.01. The molecule has 130 valence electrons. The van der Waals surface area contributed by atoms with Crippen molar-refractivity contribution in [3.05, 3.63) is 53.8 Å². The van der Waals surface area contributed by atoms with Crippen LogP contribution in [0.4, 0.5) is 23.2 Å². The maximum atomic E-state index is 13.2. The van der Waals surface area contributed by atoms with Gasteiger partial charge in [-0.25, -0.2) is 4.39 Å². The fraction of sp³-hybridized carbons (Fsp3) is 0.250. The second-order valence-electron chi connectivity index (χ2n) is 4.95. The number of rotatable bonds is 6. The second kappa shape index (κ2) is 7.72. The van der Waals surface area contributed by atoms with Crippen LogP contribution in [-0.2, 0) is 6.18 Å². The first-order valence-corrected chi connectivity index (χ1v) is 7.45. The third-order valence-corrected chi connectivity index (χ3v) is 3.41. The molecule has 0 bridgehead atoms. The summed E-state index contributed by atoms with van der Waals surface area (Å²) in [5.74, 6) is -0.406. The molecular weight excluding hydrogens is 350 g/mol. The normalized spacial score (nSPS) is 12.8. The molecule has 0 radical (unpaired) electrons. The molecule has 0 saturated heterocycles. The van der Waals surface area contributed by atoms with Crippen LogP contribution in [0.1, 0.15) is 5.56 Å². The zero-order valence-electron chi connectivity index (χ0n) is 12.3. The SMILES string of the molecule is OC(CCl)CNc1ccc(Oc2ccc(F)cc2)cc1C(F)(F)F. The van der Waals surface area contributed by atoms with Crippen LogP contribution in [0, 0.1) is 5.82 Å². The van der Waals surface area contributed by atoms with Gasteiger partial charge in [-0.15, -0.1) is 11.6 Å². The fourth-order valence-electron chi connectivity index (χ4n) is 1.90. The molecular formula is C16H14ClF4NO2. The highest BCUT2D eigenvalue weighted by Crippen LogP contribution is 2.38.